The maximum atomic E-state index is 5.44. The molecule has 0 unspecified atom stereocenters. The zero-order valence-corrected chi connectivity index (χ0v) is 11.9. The summed E-state index contributed by atoms with van der Waals surface area (Å²) >= 11 is 0. The molecular weight excluding hydrogens is 264 g/mol. The van der Waals surface area contributed by atoms with Crippen LogP contribution in [0, 0.1) is 49.4 Å². The van der Waals surface area contributed by atoms with Crippen LogP contribution in [0.25, 0.3) is 12.2 Å². The molecule has 0 radical (unpaired) electrons. The van der Waals surface area contributed by atoms with Crippen LogP contribution in [0.3, 0.4) is 0 Å². The molecule has 100 valence electrons. The average molecular weight is 276 g/mol. The Morgan fingerprint density at radius 1 is 0.500 bits per heavy atom. The van der Waals surface area contributed by atoms with Crippen molar-refractivity contribution in [2.75, 3.05) is 0 Å². The van der Waals surface area contributed by atoms with Crippen LogP contribution >= 0.6 is 0 Å². The standard InChI is InChI=1S/C22H12/c1-5-17-11-18(6-2)14-21(13-17)9-10-22-15-19(7-3)12-20(8-4)16-22/h1-4,9-16H/b10-9+. The summed E-state index contributed by atoms with van der Waals surface area (Å²) in [5, 5.41) is 0. The van der Waals surface area contributed by atoms with Gasteiger partial charge in [0.05, 0.1) is 0 Å². The molecule has 0 saturated carbocycles. The van der Waals surface area contributed by atoms with Crippen LogP contribution < -0.4 is 0 Å². The maximum absolute atomic E-state index is 5.44. The Morgan fingerprint density at radius 2 is 0.773 bits per heavy atom. The van der Waals surface area contributed by atoms with E-state index in [0.29, 0.717) is 0 Å². The molecule has 0 nitrogen and oxygen atoms in total. The van der Waals surface area contributed by atoms with Crippen molar-refractivity contribution < 1.29 is 0 Å². The van der Waals surface area contributed by atoms with E-state index in [0.717, 1.165) is 33.4 Å². The van der Waals surface area contributed by atoms with Gasteiger partial charge in [-0.15, -0.1) is 25.7 Å². The third-order valence-electron chi connectivity index (χ3n) is 3.05. The Balaban J connectivity index is 2.42. The van der Waals surface area contributed by atoms with Crippen LogP contribution in [-0.2, 0) is 0 Å². The second kappa shape index (κ2) is 6.73. The molecule has 0 aliphatic heterocycles. The molecular formula is C22H12. The van der Waals surface area contributed by atoms with Crippen molar-refractivity contribution in [1.82, 2.24) is 0 Å². The Bertz CT molecular complexity index is 768. The van der Waals surface area contributed by atoms with Crippen LogP contribution in [-0.4, -0.2) is 0 Å². The number of hydrogen-bond donors (Lipinski definition) is 0. The monoisotopic (exact) mass is 276 g/mol. The molecule has 0 heteroatoms. The zero-order valence-electron chi connectivity index (χ0n) is 11.9. The molecule has 0 atom stereocenters. The van der Waals surface area contributed by atoms with Gasteiger partial charge in [0.1, 0.15) is 0 Å². The quantitative estimate of drug-likeness (QED) is 0.578. The van der Waals surface area contributed by atoms with Crippen LogP contribution in [0.15, 0.2) is 36.4 Å². The second-order valence-electron chi connectivity index (χ2n) is 4.60. The largest absolute Gasteiger partial charge is 0.115 e. The van der Waals surface area contributed by atoms with Crippen molar-refractivity contribution in [3.05, 3.63) is 69.8 Å². The van der Waals surface area contributed by atoms with E-state index in [1.54, 1.807) is 12.1 Å². The molecule has 2 rings (SSSR count). The van der Waals surface area contributed by atoms with Gasteiger partial charge in [0, 0.05) is 22.3 Å². The normalized spacial score (nSPS) is 9.45. The lowest BCUT2D eigenvalue weighted by Gasteiger charge is -2.01. The SMILES string of the molecule is C#Cc1cc(C#C)cc(/C=C/c2cc(C#C)cc(C#C)c2)c1. The fraction of sp³-hybridized carbons (Fsp3) is 0. The summed E-state index contributed by atoms with van der Waals surface area (Å²) in [6.45, 7) is 0. The summed E-state index contributed by atoms with van der Waals surface area (Å²) in [7, 11) is 0. The summed E-state index contributed by atoms with van der Waals surface area (Å²) in [5.74, 6) is 10.4. The van der Waals surface area contributed by atoms with E-state index < -0.39 is 0 Å². The van der Waals surface area contributed by atoms with Gasteiger partial charge in [-0.1, -0.05) is 35.8 Å². The minimum atomic E-state index is 0.747. The highest BCUT2D eigenvalue weighted by molar-refractivity contribution is 5.72. The van der Waals surface area contributed by atoms with Gasteiger partial charge in [-0.25, -0.2) is 0 Å². The predicted octanol–water partition coefficient (Wildman–Crippen LogP) is 3.78. The van der Waals surface area contributed by atoms with Gasteiger partial charge in [0.25, 0.3) is 0 Å². The Kier molecular flexibility index (Phi) is 4.53. The summed E-state index contributed by atoms with van der Waals surface area (Å²) in [6.07, 6.45) is 25.6. The summed E-state index contributed by atoms with van der Waals surface area (Å²) in [5.41, 5.74) is 4.84. The summed E-state index contributed by atoms with van der Waals surface area (Å²) < 4.78 is 0. The Hall–Kier alpha value is -3.58. The lowest BCUT2D eigenvalue weighted by Crippen LogP contribution is -1.84. The van der Waals surface area contributed by atoms with Crippen molar-refractivity contribution in [1.29, 1.82) is 0 Å². The molecule has 2 aromatic rings. The van der Waals surface area contributed by atoms with E-state index in [9.17, 15) is 0 Å². The number of terminal acetylenes is 4. The van der Waals surface area contributed by atoms with Crippen molar-refractivity contribution in [2.45, 2.75) is 0 Å². The van der Waals surface area contributed by atoms with Gasteiger partial charge < -0.3 is 0 Å². The first kappa shape index (κ1) is 14.8. The lowest BCUT2D eigenvalue weighted by atomic mass is 10.0. The number of rotatable bonds is 2. The smallest absolute Gasteiger partial charge is 0.0260 e. The van der Waals surface area contributed by atoms with Crippen molar-refractivity contribution >= 4 is 12.2 Å². The van der Waals surface area contributed by atoms with Gasteiger partial charge in [-0.3, -0.25) is 0 Å². The van der Waals surface area contributed by atoms with Crippen LogP contribution in [0.1, 0.15) is 33.4 Å². The molecule has 0 amide bonds. The van der Waals surface area contributed by atoms with Crippen LogP contribution in [0.4, 0.5) is 0 Å². The first-order valence-electron chi connectivity index (χ1n) is 6.53. The molecule has 0 aromatic heterocycles. The lowest BCUT2D eigenvalue weighted by molar-refractivity contribution is 1.56. The Morgan fingerprint density at radius 3 is 1.00 bits per heavy atom. The highest BCUT2D eigenvalue weighted by Crippen LogP contribution is 2.15. The van der Waals surface area contributed by atoms with Crippen molar-refractivity contribution in [3.63, 3.8) is 0 Å². The number of hydrogen-bond acceptors (Lipinski definition) is 0. The highest BCUT2D eigenvalue weighted by atomic mass is 14.0. The van der Waals surface area contributed by atoms with E-state index in [1.165, 1.54) is 0 Å². The zero-order chi connectivity index (χ0) is 15.9. The first-order chi connectivity index (χ1) is 10.7. The summed E-state index contributed by atoms with van der Waals surface area (Å²) in [4.78, 5) is 0. The first-order valence-corrected chi connectivity index (χ1v) is 6.53. The van der Waals surface area contributed by atoms with Gasteiger partial charge >= 0.3 is 0 Å². The van der Waals surface area contributed by atoms with Crippen molar-refractivity contribution in [2.24, 2.45) is 0 Å². The number of benzene rings is 2. The minimum absolute atomic E-state index is 0.747. The molecule has 22 heavy (non-hydrogen) atoms. The fourth-order valence-corrected chi connectivity index (χ4v) is 2.02. The van der Waals surface area contributed by atoms with E-state index >= 15 is 0 Å². The molecule has 0 fully saturated rings. The summed E-state index contributed by atoms with van der Waals surface area (Å²) in [6, 6.07) is 11.2. The van der Waals surface area contributed by atoms with E-state index in [-0.39, 0.29) is 0 Å². The third kappa shape index (κ3) is 3.50. The third-order valence-corrected chi connectivity index (χ3v) is 3.05. The molecule has 0 bridgehead atoms. The predicted molar refractivity (Wildman–Crippen MR) is 93.6 cm³/mol. The molecule has 0 aliphatic carbocycles. The fourth-order valence-electron chi connectivity index (χ4n) is 2.02. The molecule has 0 heterocycles. The van der Waals surface area contributed by atoms with Gasteiger partial charge in [-0.05, 0) is 47.5 Å². The molecule has 0 aliphatic rings. The van der Waals surface area contributed by atoms with E-state index in [4.69, 9.17) is 25.7 Å². The van der Waals surface area contributed by atoms with Crippen LogP contribution in [0.2, 0.25) is 0 Å². The highest BCUT2D eigenvalue weighted by Gasteiger charge is 1.98. The van der Waals surface area contributed by atoms with Crippen molar-refractivity contribution in [3.8, 4) is 49.4 Å². The van der Waals surface area contributed by atoms with Gasteiger partial charge in [0.15, 0.2) is 0 Å². The maximum Gasteiger partial charge on any atom is 0.0260 e. The second-order valence-corrected chi connectivity index (χ2v) is 4.60. The minimum Gasteiger partial charge on any atom is -0.115 e. The molecule has 0 spiro atoms. The topological polar surface area (TPSA) is 0 Å². The molecule has 0 N–H and O–H groups in total. The van der Waals surface area contributed by atoms with E-state index in [1.807, 2.05) is 36.4 Å². The van der Waals surface area contributed by atoms with Crippen LogP contribution in [0.5, 0.6) is 0 Å². The van der Waals surface area contributed by atoms with E-state index in [2.05, 4.69) is 23.7 Å². The average Bonchev–Trinajstić information content (AvgIpc) is 2.59. The molecule has 0 saturated heterocycles. The van der Waals surface area contributed by atoms with Gasteiger partial charge in [-0.2, -0.15) is 0 Å². The van der Waals surface area contributed by atoms with Gasteiger partial charge in [0.2, 0.25) is 0 Å². The Labute approximate surface area is 131 Å². The molecule has 2 aromatic carbocycles.